The fourth-order valence-electron chi connectivity index (χ4n) is 1.16. The van der Waals surface area contributed by atoms with Crippen LogP contribution in [0.5, 0.6) is 5.75 Å². The van der Waals surface area contributed by atoms with E-state index in [2.05, 4.69) is 32.7 Å². The zero-order valence-electron chi connectivity index (χ0n) is 8.01. The maximum atomic E-state index is 5.61. The van der Waals surface area contributed by atoms with Crippen LogP contribution in [0.1, 0.15) is 0 Å². The molecule has 0 unspecified atom stereocenters. The standard InChI is InChI=1S/C10H10IN3O/c11-9-3-1-2-4-10(9)15-6-5-14-8-12-7-13-14/h1-4,7-8H,5-6H2. The van der Waals surface area contributed by atoms with E-state index >= 15 is 0 Å². The van der Waals surface area contributed by atoms with Crippen LogP contribution >= 0.6 is 22.6 Å². The van der Waals surface area contributed by atoms with Crippen molar-refractivity contribution < 1.29 is 4.74 Å². The van der Waals surface area contributed by atoms with Gasteiger partial charge in [0.05, 0.1) is 10.1 Å². The molecule has 78 valence electrons. The molecular weight excluding hydrogens is 305 g/mol. The van der Waals surface area contributed by atoms with Gasteiger partial charge in [0.15, 0.2) is 0 Å². The van der Waals surface area contributed by atoms with E-state index in [0.717, 1.165) is 9.32 Å². The molecule has 15 heavy (non-hydrogen) atoms. The highest BCUT2D eigenvalue weighted by atomic mass is 127. The lowest BCUT2D eigenvalue weighted by Crippen LogP contribution is -2.08. The van der Waals surface area contributed by atoms with Gasteiger partial charge in [0, 0.05) is 0 Å². The smallest absolute Gasteiger partial charge is 0.137 e. The molecular formula is C10H10IN3O. The van der Waals surface area contributed by atoms with Gasteiger partial charge in [-0.1, -0.05) is 12.1 Å². The molecule has 2 aromatic rings. The number of rotatable bonds is 4. The molecule has 1 aromatic heterocycles. The number of aromatic nitrogens is 3. The Kier molecular flexibility index (Phi) is 3.54. The Hall–Kier alpha value is -1.11. The first-order valence-electron chi connectivity index (χ1n) is 4.56. The van der Waals surface area contributed by atoms with Gasteiger partial charge in [-0.25, -0.2) is 9.67 Å². The van der Waals surface area contributed by atoms with E-state index in [1.807, 2.05) is 24.3 Å². The number of halogens is 1. The van der Waals surface area contributed by atoms with Crippen molar-refractivity contribution in [3.8, 4) is 5.75 Å². The Balaban J connectivity index is 1.86. The van der Waals surface area contributed by atoms with Crippen molar-refractivity contribution >= 4 is 22.6 Å². The van der Waals surface area contributed by atoms with Gasteiger partial charge in [0.1, 0.15) is 25.0 Å². The minimum Gasteiger partial charge on any atom is -0.491 e. The molecule has 0 bridgehead atoms. The van der Waals surface area contributed by atoms with Crippen molar-refractivity contribution in [2.24, 2.45) is 0 Å². The first-order valence-corrected chi connectivity index (χ1v) is 5.64. The highest BCUT2D eigenvalue weighted by molar-refractivity contribution is 14.1. The van der Waals surface area contributed by atoms with Gasteiger partial charge >= 0.3 is 0 Å². The number of benzene rings is 1. The largest absolute Gasteiger partial charge is 0.491 e. The Labute approximate surface area is 101 Å². The number of nitrogens with zero attached hydrogens (tertiary/aromatic N) is 3. The summed E-state index contributed by atoms with van der Waals surface area (Å²) in [6, 6.07) is 7.94. The third kappa shape index (κ3) is 2.92. The molecule has 0 fully saturated rings. The molecule has 0 radical (unpaired) electrons. The molecule has 1 aromatic carbocycles. The highest BCUT2D eigenvalue weighted by Crippen LogP contribution is 2.19. The minimum atomic E-state index is 0.601. The second kappa shape index (κ2) is 5.11. The van der Waals surface area contributed by atoms with E-state index in [-0.39, 0.29) is 0 Å². The monoisotopic (exact) mass is 315 g/mol. The first-order chi connectivity index (χ1) is 7.36. The van der Waals surface area contributed by atoms with Gasteiger partial charge in [-0.05, 0) is 34.7 Å². The molecule has 0 amide bonds. The summed E-state index contributed by atoms with van der Waals surface area (Å²) in [5, 5.41) is 3.99. The van der Waals surface area contributed by atoms with E-state index < -0.39 is 0 Å². The van der Waals surface area contributed by atoms with Gasteiger partial charge in [-0.2, -0.15) is 5.10 Å². The molecule has 0 saturated carbocycles. The van der Waals surface area contributed by atoms with Crippen LogP contribution in [0.2, 0.25) is 0 Å². The third-order valence-corrected chi connectivity index (χ3v) is 2.77. The zero-order valence-corrected chi connectivity index (χ0v) is 10.2. The summed E-state index contributed by atoms with van der Waals surface area (Å²) in [4.78, 5) is 3.86. The normalized spacial score (nSPS) is 10.2. The minimum absolute atomic E-state index is 0.601. The average Bonchev–Trinajstić information content (AvgIpc) is 2.74. The Morgan fingerprint density at radius 2 is 2.20 bits per heavy atom. The average molecular weight is 315 g/mol. The van der Waals surface area contributed by atoms with Crippen molar-refractivity contribution in [3.05, 3.63) is 40.5 Å². The third-order valence-electron chi connectivity index (χ3n) is 1.88. The SMILES string of the molecule is Ic1ccccc1OCCn1cncn1. The molecule has 0 N–H and O–H groups in total. The van der Waals surface area contributed by atoms with Crippen LogP contribution in [0, 0.1) is 3.57 Å². The molecule has 0 aliphatic heterocycles. The zero-order chi connectivity index (χ0) is 10.5. The van der Waals surface area contributed by atoms with Crippen LogP contribution in [0.25, 0.3) is 0 Å². The summed E-state index contributed by atoms with van der Waals surface area (Å²) in [6.07, 6.45) is 3.20. The van der Waals surface area contributed by atoms with Crippen LogP contribution in [0.4, 0.5) is 0 Å². The van der Waals surface area contributed by atoms with Gasteiger partial charge in [-0.15, -0.1) is 0 Å². The molecule has 0 spiro atoms. The van der Waals surface area contributed by atoms with Crippen LogP contribution in [0.3, 0.4) is 0 Å². The molecule has 0 aliphatic carbocycles. The summed E-state index contributed by atoms with van der Waals surface area (Å²) in [7, 11) is 0. The van der Waals surface area contributed by atoms with E-state index in [9.17, 15) is 0 Å². The van der Waals surface area contributed by atoms with Gasteiger partial charge in [0.25, 0.3) is 0 Å². The van der Waals surface area contributed by atoms with Crippen molar-refractivity contribution in [2.45, 2.75) is 6.54 Å². The van der Waals surface area contributed by atoms with Crippen LogP contribution in [-0.2, 0) is 6.54 Å². The number of hydrogen-bond donors (Lipinski definition) is 0. The second-order valence-electron chi connectivity index (χ2n) is 2.94. The molecule has 1 heterocycles. The van der Waals surface area contributed by atoms with Crippen molar-refractivity contribution in [1.29, 1.82) is 0 Å². The summed E-state index contributed by atoms with van der Waals surface area (Å²) >= 11 is 2.25. The van der Waals surface area contributed by atoms with E-state index in [1.165, 1.54) is 6.33 Å². The number of para-hydroxylation sites is 1. The van der Waals surface area contributed by atoms with Gasteiger partial charge in [0.2, 0.25) is 0 Å². The topological polar surface area (TPSA) is 39.9 Å². The van der Waals surface area contributed by atoms with Gasteiger partial charge < -0.3 is 4.74 Å². The Bertz CT molecular complexity index is 416. The lowest BCUT2D eigenvalue weighted by atomic mass is 10.3. The molecule has 2 rings (SSSR count). The Morgan fingerprint density at radius 3 is 2.93 bits per heavy atom. The van der Waals surface area contributed by atoms with E-state index in [4.69, 9.17) is 4.74 Å². The molecule has 0 aliphatic rings. The summed E-state index contributed by atoms with van der Waals surface area (Å²) in [6.45, 7) is 1.31. The van der Waals surface area contributed by atoms with Crippen LogP contribution < -0.4 is 4.74 Å². The maximum absolute atomic E-state index is 5.61. The number of ether oxygens (including phenoxy) is 1. The lowest BCUT2D eigenvalue weighted by Gasteiger charge is -2.07. The lowest BCUT2D eigenvalue weighted by molar-refractivity contribution is 0.289. The summed E-state index contributed by atoms with van der Waals surface area (Å²) < 4.78 is 8.48. The van der Waals surface area contributed by atoms with Crippen molar-refractivity contribution in [3.63, 3.8) is 0 Å². The Morgan fingerprint density at radius 1 is 1.33 bits per heavy atom. The fourth-order valence-corrected chi connectivity index (χ4v) is 1.70. The second-order valence-corrected chi connectivity index (χ2v) is 4.10. The van der Waals surface area contributed by atoms with Crippen molar-refractivity contribution in [2.75, 3.05) is 6.61 Å². The van der Waals surface area contributed by atoms with E-state index in [0.29, 0.717) is 13.2 Å². The molecule has 0 atom stereocenters. The van der Waals surface area contributed by atoms with Crippen LogP contribution in [0.15, 0.2) is 36.9 Å². The molecule has 0 saturated heterocycles. The van der Waals surface area contributed by atoms with E-state index in [1.54, 1.807) is 11.0 Å². The first kappa shape index (κ1) is 10.4. The predicted octanol–water partition coefficient (Wildman–Crippen LogP) is 1.96. The maximum Gasteiger partial charge on any atom is 0.137 e. The summed E-state index contributed by atoms with van der Waals surface area (Å²) in [5.41, 5.74) is 0. The fraction of sp³-hybridized carbons (Fsp3) is 0.200. The molecule has 4 nitrogen and oxygen atoms in total. The van der Waals surface area contributed by atoms with Crippen molar-refractivity contribution in [1.82, 2.24) is 14.8 Å². The molecule has 5 heteroatoms. The number of hydrogen-bond acceptors (Lipinski definition) is 3. The summed E-state index contributed by atoms with van der Waals surface area (Å²) in [5.74, 6) is 0.915. The predicted molar refractivity (Wildman–Crippen MR) is 64.7 cm³/mol. The quantitative estimate of drug-likeness (QED) is 0.810. The highest BCUT2D eigenvalue weighted by Gasteiger charge is 1.98. The van der Waals surface area contributed by atoms with Gasteiger partial charge in [-0.3, -0.25) is 0 Å². The van der Waals surface area contributed by atoms with Crippen LogP contribution in [-0.4, -0.2) is 21.4 Å².